The molecule has 0 aliphatic heterocycles. The second-order valence-electron chi connectivity index (χ2n) is 7.24. The van der Waals surface area contributed by atoms with Gasteiger partial charge in [0.25, 0.3) is 5.91 Å². The molecule has 1 aromatic heterocycles. The molecule has 0 spiro atoms. The summed E-state index contributed by atoms with van der Waals surface area (Å²) in [6.45, 7) is 0.679. The summed E-state index contributed by atoms with van der Waals surface area (Å²) < 4.78 is 10.5. The Kier molecular flexibility index (Phi) is 6.80. The predicted molar refractivity (Wildman–Crippen MR) is 129 cm³/mol. The molecule has 166 valence electrons. The highest BCUT2D eigenvalue weighted by Gasteiger charge is 2.10. The zero-order valence-electron chi connectivity index (χ0n) is 18.4. The molecule has 2 N–H and O–H groups in total. The molecule has 0 saturated carbocycles. The molecule has 0 bridgehead atoms. The third-order valence-electron chi connectivity index (χ3n) is 5.07. The van der Waals surface area contributed by atoms with Crippen molar-refractivity contribution in [3.8, 4) is 22.8 Å². The van der Waals surface area contributed by atoms with Crippen LogP contribution in [-0.2, 0) is 6.54 Å². The molecule has 4 aromatic rings. The summed E-state index contributed by atoms with van der Waals surface area (Å²) in [5, 5.41) is 14.7. The largest absolute Gasteiger partial charge is 0.493 e. The summed E-state index contributed by atoms with van der Waals surface area (Å²) in [5.74, 6) is 1.63. The highest BCUT2D eigenvalue weighted by molar-refractivity contribution is 6.04. The van der Waals surface area contributed by atoms with Crippen LogP contribution in [0.1, 0.15) is 15.9 Å². The lowest BCUT2D eigenvalue weighted by molar-refractivity contribution is 0.102. The molecule has 0 aliphatic carbocycles. The zero-order valence-corrected chi connectivity index (χ0v) is 18.4. The number of carbonyl (C=O) groups is 1. The number of ether oxygens (including phenoxy) is 2. The number of carbonyl (C=O) groups excluding carboxylic acids is 1. The van der Waals surface area contributed by atoms with Gasteiger partial charge < -0.3 is 20.1 Å². The number of aromatic nitrogens is 2. The molecule has 0 atom stereocenters. The van der Waals surface area contributed by atoms with Gasteiger partial charge in [0.15, 0.2) is 11.5 Å². The van der Waals surface area contributed by atoms with Crippen LogP contribution in [0.25, 0.3) is 11.3 Å². The highest BCUT2D eigenvalue weighted by atomic mass is 16.5. The molecule has 0 aliphatic rings. The van der Waals surface area contributed by atoms with Gasteiger partial charge in [-0.25, -0.2) is 0 Å². The molecule has 0 unspecified atom stereocenters. The Morgan fingerprint density at radius 1 is 0.818 bits per heavy atom. The van der Waals surface area contributed by atoms with E-state index in [4.69, 9.17) is 9.47 Å². The Morgan fingerprint density at radius 2 is 1.58 bits per heavy atom. The lowest BCUT2D eigenvalue weighted by atomic mass is 10.1. The molecule has 1 heterocycles. The molecular weight excluding hydrogens is 416 g/mol. The van der Waals surface area contributed by atoms with E-state index >= 15 is 0 Å². The molecule has 1 amide bonds. The summed E-state index contributed by atoms with van der Waals surface area (Å²) in [7, 11) is 3.12. The molecule has 7 heteroatoms. The lowest BCUT2D eigenvalue weighted by Gasteiger charge is -2.11. The van der Waals surface area contributed by atoms with Crippen LogP contribution >= 0.6 is 0 Å². The van der Waals surface area contributed by atoms with Crippen LogP contribution in [0.4, 0.5) is 11.5 Å². The summed E-state index contributed by atoms with van der Waals surface area (Å²) in [4.78, 5) is 12.6. The van der Waals surface area contributed by atoms with Crippen molar-refractivity contribution >= 4 is 17.4 Å². The molecule has 33 heavy (non-hydrogen) atoms. The monoisotopic (exact) mass is 440 g/mol. The number of rotatable bonds is 8. The lowest BCUT2D eigenvalue weighted by Crippen LogP contribution is -2.11. The fourth-order valence-electron chi connectivity index (χ4n) is 3.28. The van der Waals surface area contributed by atoms with Gasteiger partial charge in [0.05, 0.1) is 19.9 Å². The van der Waals surface area contributed by atoms with Crippen molar-refractivity contribution in [2.45, 2.75) is 6.54 Å². The Labute approximate surface area is 192 Å². The first-order valence-electron chi connectivity index (χ1n) is 10.4. The molecule has 0 radical (unpaired) electrons. The predicted octanol–water partition coefficient (Wildman–Crippen LogP) is 5.03. The standard InChI is InChI=1S/C26H24N4O3/c1-32-23-14-12-21(16-24(23)33-2)28-26(31)20-10-8-19(9-11-20)22-13-15-25(30-29-22)27-17-18-6-4-3-5-7-18/h3-16H,17H2,1-2H3,(H,27,30)(H,28,31). The maximum Gasteiger partial charge on any atom is 0.255 e. The maximum atomic E-state index is 12.6. The van der Waals surface area contributed by atoms with Crippen molar-refractivity contribution in [2.75, 3.05) is 24.9 Å². The molecule has 0 fully saturated rings. The summed E-state index contributed by atoms with van der Waals surface area (Å²) in [6.07, 6.45) is 0. The fraction of sp³-hybridized carbons (Fsp3) is 0.115. The van der Waals surface area contributed by atoms with E-state index in [1.165, 1.54) is 5.56 Å². The Hall–Kier alpha value is -4.39. The smallest absolute Gasteiger partial charge is 0.255 e. The number of hydrogen-bond donors (Lipinski definition) is 2. The van der Waals surface area contributed by atoms with E-state index in [2.05, 4.69) is 33.0 Å². The Bertz CT molecular complexity index is 1210. The van der Waals surface area contributed by atoms with E-state index in [1.807, 2.05) is 42.5 Å². The normalized spacial score (nSPS) is 10.4. The summed E-state index contributed by atoms with van der Waals surface area (Å²) in [5.41, 5.74) is 3.92. The van der Waals surface area contributed by atoms with Crippen molar-refractivity contribution < 1.29 is 14.3 Å². The van der Waals surface area contributed by atoms with E-state index in [9.17, 15) is 4.79 Å². The summed E-state index contributed by atoms with van der Waals surface area (Å²) in [6, 6.07) is 26.3. The summed E-state index contributed by atoms with van der Waals surface area (Å²) >= 11 is 0. The van der Waals surface area contributed by atoms with Gasteiger partial charge in [-0.15, -0.1) is 10.2 Å². The van der Waals surface area contributed by atoms with Crippen molar-refractivity contribution in [1.82, 2.24) is 10.2 Å². The number of nitrogens with one attached hydrogen (secondary N) is 2. The van der Waals surface area contributed by atoms with Crippen molar-refractivity contribution in [3.05, 3.63) is 96.1 Å². The average Bonchev–Trinajstić information content (AvgIpc) is 2.88. The van der Waals surface area contributed by atoms with Crippen LogP contribution in [0, 0.1) is 0 Å². The Morgan fingerprint density at radius 3 is 2.24 bits per heavy atom. The second-order valence-corrected chi connectivity index (χ2v) is 7.24. The Balaban J connectivity index is 1.39. The average molecular weight is 441 g/mol. The number of benzene rings is 3. The number of anilines is 2. The van der Waals surface area contributed by atoms with Gasteiger partial charge in [-0.2, -0.15) is 0 Å². The van der Waals surface area contributed by atoms with Gasteiger partial charge in [0.2, 0.25) is 0 Å². The zero-order chi connectivity index (χ0) is 23.0. The van der Waals surface area contributed by atoms with E-state index in [0.717, 1.165) is 11.3 Å². The van der Waals surface area contributed by atoms with E-state index in [0.29, 0.717) is 35.1 Å². The number of hydrogen-bond acceptors (Lipinski definition) is 6. The van der Waals surface area contributed by atoms with E-state index in [1.54, 1.807) is 44.6 Å². The van der Waals surface area contributed by atoms with Crippen LogP contribution in [0.5, 0.6) is 11.5 Å². The maximum absolute atomic E-state index is 12.6. The minimum atomic E-state index is -0.222. The number of methoxy groups -OCH3 is 2. The second kappa shape index (κ2) is 10.3. The molecule has 3 aromatic carbocycles. The first-order valence-corrected chi connectivity index (χ1v) is 10.4. The minimum absolute atomic E-state index is 0.222. The number of nitrogens with zero attached hydrogens (tertiary/aromatic N) is 2. The van der Waals surface area contributed by atoms with Gasteiger partial charge in [-0.3, -0.25) is 4.79 Å². The van der Waals surface area contributed by atoms with Gasteiger partial charge in [-0.1, -0.05) is 42.5 Å². The third kappa shape index (κ3) is 5.46. The molecular formula is C26H24N4O3. The van der Waals surface area contributed by atoms with Crippen LogP contribution in [0.2, 0.25) is 0 Å². The highest BCUT2D eigenvalue weighted by Crippen LogP contribution is 2.30. The quantitative estimate of drug-likeness (QED) is 0.400. The van der Waals surface area contributed by atoms with Crippen LogP contribution < -0.4 is 20.1 Å². The van der Waals surface area contributed by atoms with Crippen molar-refractivity contribution in [2.24, 2.45) is 0 Å². The van der Waals surface area contributed by atoms with Crippen LogP contribution in [0.3, 0.4) is 0 Å². The van der Waals surface area contributed by atoms with Gasteiger partial charge in [-0.05, 0) is 42.0 Å². The van der Waals surface area contributed by atoms with E-state index in [-0.39, 0.29) is 5.91 Å². The van der Waals surface area contributed by atoms with Crippen LogP contribution in [-0.4, -0.2) is 30.3 Å². The third-order valence-corrected chi connectivity index (χ3v) is 5.07. The number of amides is 1. The first-order chi connectivity index (χ1) is 16.2. The minimum Gasteiger partial charge on any atom is -0.493 e. The van der Waals surface area contributed by atoms with Crippen LogP contribution in [0.15, 0.2) is 84.9 Å². The molecule has 0 saturated heterocycles. The fourth-order valence-corrected chi connectivity index (χ4v) is 3.28. The van der Waals surface area contributed by atoms with E-state index < -0.39 is 0 Å². The van der Waals surface area contributed by atoms with Gasteiger partial charge >= 0.3 is 0 Å². The molecule has 4 rings (SSSR count). The van der Waals surface area contributed by atoms with Crippen molar-refractivity contribution in [3.63, 3.8) is 0 Å². The van der Waals surface area contributed by atoms with Gasteiger partial charge in [0, 0.05) is 29.4 Å². The first kappa shape index (κ1) is 21.8. The SMILES string of the molecule is COc1ccc(NC(=O)c2ccc(-c3ccc(NCc4ccccc4)nn3)cc2)cc1OC. The van der Waals surface area contributed by atoms with Gasteiger partial charge in [0.1, 0.15) is 5.82 Å². The molecule has 7 nitrogen and oxygen atoms in total. The topological polar surface area (TPSA) is 85.4 Å². The van der Waals surface area contributed by atoms with Crippen molar-refractivity contribution in [1.29, 1.82) is 0 Å².